The molecule has 0 saturated heterocycles. The SMILES string of the molecule is CCC(C)COc1c(F)cc(CC(N)CC)cc1F. The first-order valence-electron chi connectivity index (χ1n) is 6.84. The van der Waals surface area contributed by atoms with Crippen molar-refractivity contribution in [2.45, 2.75) is 46.1 Å². The first kappa shape index (κ1) is 15.9. The van der Waals surface area contributed by atoms with Crippen LogP contribution in [-0.4, -0.2) is 12.6 Å². The minimum atomic E-state index is -0.651. The van der Waals surface area contributed by atoms with Gasteiger partial charge in [-0.25, -0.2) is 8.78 Å². The predicted molar refractivity (Wildman–Crippen MR) is 73.3 cm³/mol. The maximum absolute atomic E-state index is 13.8. The molecule has 0 saturated carbocycles. The van der Waals surface area contributed by atoms with Gasteiger partial charge in [-0.1, -0.05) is 27.2 Å². The Morgan fingerprint density at radius 2 is 1.74 bits per heavy atom. The molecule has 0 radical (unpaired) electrons. The lowest BCUT2D eigenvalue weighted by molar-refractivity contribution is 0.235. The van der Waals surface area contributed by atoms with Crippen LogP contribution < -0.4 is 10.5 Å². The average molecular weight is 271 g/mol. The topological polar surface area (TPSA) is 35.2 Å². The van der Waals surface area contributed by atoms with E-state index in [1.165, 1.54) is 12.1 Å². The summed E-state index contributed by atoms with van der Waals surface area (Å²) in [5, 5.41) is 0. The number of hydrogen-bond donors (Lipinski definition) is 1. The molecule has 0 heterocycles. The third-order valence-corrected chi connectivity index (χ3v) is 3.29. The zero-order valence-electron chi connectivity index (χ0n) is 11.9. The summed E-state index contributed by atoms with van der Waals surface area (Å²) < 4.78 is 32.9. The molecule has 0 aliphatic heterocycles. The van der Waals surface area contributed by atoms with E-state index >= 15 is 0 Å². The average Bonchev–Trinajstić information content (AvgIpc) is 2.37. The standard InChI is InChI=1S/C15H23F2NO/c1-4-10(3)9-19-15-13(16)7-11(8-14(15)17)6-12(18)5-2/h7-8,10,12H,4-6,9,18H2,1-3H3. The van der Waals surface area contributed by atoms with E-state index in [4.69, 9.17) is 10.5 Å². The molecule has 1 rings (SSSR count). The minimum absolute atomic E-state index is 0.0781. The van der Waals surface area contributed by atoms with E-state index in [0.29, 0.717) is 18.6 Å². The van der Waals surface area contributed by atoms with Crippen molar-refractivity contribution in [3.63, 3.8) is 0 Å². The summed E-state index contributed by atoms with van der Waals surface area (Å²) in [6.07, 6.45) is 2.15. The van der Waals surface area contributed by atoms with Crippen molar-refractivity contribution in [2.24, 2.45) is 11.7 Å². The van der Waals surface area contributed by atoms with E-state index in [2.05, 4.69) is 0 Å². The fraction of sp³-hybridized carbons (Fsp3) is 0.600. The van der Waals surface area contributed by atoms with Gasteiger partial charge in [0.1, 0.15) is 0 Å². The van der Waals surface area contributed by atoms with Gasteiger partial charge in [-0.2, -0.15) is 0 Å². The van der Waals surface area contributed by atoms with Gasteiger partial charge in [-0.05, 0) is 36.5 Å². The summed E-state index contributed by atoms with van der Waals surface area (Å²) in [7, 11) is 0. The van der Waals surface area contributed by atoms with Crippen molar-refractivity contribution in [1.29, 1.82) is 0 Å². The second-order valence-corrected chi connectivity index (χ2v) is 5.09. The van der Waals surface area contributed by atoms with E-state index in [1.807, 2.05) is 20.8 Å². The molecule has 0 aliphatic rings. The Bertz CT molecular complexity index is 386. The molecule has 2 atom stereocenters. The highest BCUT2D eigenvalue weighted by Gasteiger charge is 2.14. The molecule has 2 nitrogen and oxygen atoms in total. The Balaban J connectivity index is 2.79. The molecule has 0 bridgehead atoms. The van der Waals surface area contributed by atoms with Gasteiger partial charge in [0.25, 0.3) is 0 Å². The van der Waals surface area contributed by atoms with Crippen LogP contribution in [0.4, 0.5) is 8.78 Å². The maximum atomic E-state index is 13.8. The summed E-state index contributed by atoms with van der Waals surface area (Å²) in [6.45, 7) is 6.25. The quantitative estimate of drug-likeness (QED) is 0.821. The van der Waals surface area contributed by atoms with Crippen LogP contribution in [0.1, 0.15) is 39.2 Å². The van der Waals surface area contributed by atoms with Gasteiger partial charge in [0.05, 0.1) is 6.61 Å². The molecule has 0 amide bonds. The van der Waals surface area contributed by atoms with Gasteiger partial charge in [0.15, 0.2) is 17.4 Å². The van der Waals surface area contributed by atoms with Crippen LogP contribution in [0.25, 0.3) is 0 Å². The predicted octanol–water partition coefficient (Wildman–Crippen LogP) is 3.67. The van der Waals surface area contributed by atoms with Gasteiger partial charge in [-0.3, -0.25) is 0 Å². The van der Waals surface area contributed by atoms with E-state index in [9.17, 15) is 8.78 Å². The van der Waals surface area contributed by atoms with Crippen LogP contribution in [0, 0.1) is 17.6 Å². The van der Waals surface area contributed by atoms with Gasteiger partial charge in [0, 0.05) is 6.04 Å². The van der Waals surface area contributed by atoms with Crippen LogP contribution in [0.2, 0.25) is 0 Å². The highest BCUT2D eigenvalue weighted by atomic mass is 19.1. The van der Waals surface area contributed by atoms with E-state index < -0.39 is 11.6 Å². The van der Waals surface area contributed by atoms with Gasteiger partial charge in [-0.15, -0.1) is 0 Å². The molecule has 19 heavy (non-hydrogen) atoms. The summed E-state index contributed by atoms with van der Waals surface area (Å²) in [6, 6.07) is 2.54. The van der Waals surface area contributed by atoms with Gasteiger partial charge >= 0.3 is 0 Å². The van der Waals surface area contributed by atoms with Crippen molar-refractivity contribution in [1.82, 2.24) is 0 Å². The van der Waals surface area contributed by atoms with Gasteiger partial charge < -0.3 is 10.5 Å². The zero-order valence-corrected chi connectivity index (χ0v) is 11.9. The molecule has 0 aliphatic carbocycles. The molecule has 2 unspecified atom stereocenters. The molecular weight excluding hydrogens is 248 g/mol. The monoisotopic (exact) mass is 271 g/mol. The first-order valence-corrected chi connectivity index (χ1v) is 6.84. The molecule has 0 aromatic heterocycles. The Hall–Kier alpha value is -1.16. The lowest BCUT2D eigenvalue weighted by atomic mass is 10.0. The first-order chi connectivity index (χ1) is 8.97. The maximum Gasteiger partial charge on any atom is 0.190 e. The Kier molecular flexibility index (Phi) is 6.22. The number of halogens is 2. The number of hydrogen-bond acceptors (Lipinski definition) is 2. The second-order valence-electron chi connectivity index (χ2n) is 5.09. The summed E-state index contributed by atoms with van der Waals surface area (Å²) in [5.41, 5.74) is 6.35. The normalized spacial score (nSPS) is 14.2. The summed E-state index contributed by atoms with van der Waals surface area (Å²) in [5.74, 6) is -1.32. The molecule has 1 aromatic carbocycles. The largest absolute Gasteiger partial charge is 0.487 e. The Morgan fingerprint density at radius 1 is 1.16 bits per heavy atom. The molecule has 0 fully saturated rings. The molecule has 1 aromatic rings. The number of benzene rings is 1. The van der Waals surface area contributed by atoms with Crippen LogP contribution in [0.5, 0.6) is 5.75 Å². The Labute approximate surface area is 114 Å². The lowest BCUT2D eigenvalue weighted by Crippen LogP contribution is -2.21. The minimum Gasteiger partial charge on any atom is -0.487 e. The molecular formula is C15H23F2NO. The lowest BCUT2D eigenvalue weighted by Gasteiger charge is -2.14. The number of ether oxygens (including phenoxy) is 1. The van der Waals surface area contributed by atoms with Crippen LogP contribution in [0.3, 0.4) is 0 Å². The third-order valence-electron chi connectivity index (χ3n) is 3.29. The molecule has 108 valence electrons. The van der Waals surface area contributed by atoms with Crippen molar-refractivity contribution in [3.8, 4) is 5.75 Å². The van der Waals surface area contributed by atoms with Crippen molar-refractivity contribution in [3.05, 3.63) is 29.3 Å². The number of nitrogens with two attached hydrogens (primary N) is 1. The van der Waals surface area contributed by atoms with Crippen LogP contribution in [0.15, 0.2) is 12.1 Å². The summed E-state index contributed by atoms with van der Waals surface area (Å²) in [4.78, 5) is 0. The highest BCUT2D eigenvalue weighted by Crippen LogP contribution is 2.24. The number of rotatable bonds is 7. The Morgan fingerprint density at radius 3 is 2.21 bits per heavy atom. The molecule has 2 N–H and O–H groups in total. The smallest absolute Gasteiger partial charge is 0.190 e. The molecule has 0 spiro atoms. The highest BCUT2D eigenvalue weighted by molar-refractivity contribution is 5.31. The van der Waals surface area contributed by atoms with Crippen LogP contribution in [-0.2, 0) is 6.42 Å². The van der Waals surface area contributed by atoms with Crippen molar-refractivity contribution >= 4 is 0 Å². The third kappa shape index (κ3) is 4.78. The van der Waals surface area contributed by atoms with Crippen molar-refractivity contribution in [2.75, 3.05) is 6.61 Å². The fourth-order valence-electron chi connectivity index (χ4n) is 1.66. The summed E-state index contributed by atoms with van der Waals surface area (Å²) >= 11 is 0. The fourth-order valence-corrected chi connectivity index (χ4v) is 1.66. The van der Waals surface area contributed by atoms with E-state index in [-0.39, 0.29) is 17.7 Å². The second kappa shape index (κ2) is 7.43. The van der Waals surface area contributed by atoms with Gasteiger partial charge in [0.2, 0.25) is 0 Å². The van der Waals surface area contributed by atoms with E-state index in [1.54, 1.807) is 0 Å². The van der Waals surface area contributed by atoms with E-state index in [0.717, 1.165) is 12.8 Å². The zero-order chi connectivity index (χ0) is 14.4. The van der Waals surface area contributed by atoms with Crippen LogP contribution >= 0.6 is 0 Å². The van der Waals surface area contributed by atoms with Crippen molar-refractivity contribution < 1.29 is 13.5 Å². The molecule has 4 heteroatoms.